The summed E-state index contributed by atoms with van der Waals surface area (Å²) < 4.78 is 30.2. The molecular weight excluding hydrogens is 538 g/mol. The molecule has 3 aromatic carbocycles. The Morgan fingerprint density at radius 1 is 1.07 bits per heavy atom. The van der Waals surface area contributed by atoms with Gasteiger partial charge in [-0.25, -0.2) is 9.19 Å². The lowest BCUT2D eigenvalue weighted by Crippen LogP contribution is -2.36. The van der Waals surface area contributed by atoms with E-state index in [2.05, 4.69) is 42.2 Å². The Morgan fingerprint density at radius 2 is 1.88 bits per heavy atom. The van der Waals surface area contributed by atoms with Crippen molar-refractivity contribution in [2.24, 2.45) is 0 Å². The van der Waals surface area contributed by atoms with Crippen LogP contribution in [0, 0.1) is 0 Å². The van der Waals surface area contributed by atoms with E-state index in [1.165, 1.54) is 5.56 Å². The van der Waals surface area contributed by atoms with Crippen molar-refractivity contribution in [3.8, 4) is 17.1 Å². The summed E-state index contributed by atoms with van der Waals surface area (Å²) in [6.07, 6.45) is 3.82. The Bertz CT molecular complexity index is 1540. The summed E-state index contributed by atoms with van der Waals surface area (Å²) in [5.41, 5.74) is 3.38. The maximum atomic E-state index is 13.3. The van der Waals surface area contributed by atoms with Crippen LogP contribution >= 0.6 is 0 Å². The van der Waals surface area contributed by atoms with Crippen LogP contribution in [0.25, 0.3) is 22.3 Å². The van der Waals surface area contributed by atoms with Crippen LogP contribution in [0.1, 0.15) is 50.2 Å². The van der Waals surface area contributed by atoms with Crippen LogP contribution in [-0.2, 0) is 26.5 Å². The number of hydrogen-bond acceptors (Lipinski definition) is 7. The third-order valence-electron chi connectivity index (χ3n) is 7.25. The third kappa shape index (κ3) is 7.29. The van der Waals surface area contributed by atoms with E-state index in [0.29, 0.717) is 65.8 Å². The topological polar surface area (TPSA) is 93.8 Å². The van der Waals surface area contributed by atoms with Crippen LogP contribution in [0.15, 0.2) is 76.4 Å². The lowest BCUT2D eigenvalue weighted by Gasteiger charge is -2.24. The molecule has 2 atom stereocenters. The first-order valence-electron chi connectivity index (χ1n) is 14.3. The normalized spacial score (nSPS) is 15.6. The Hall–Kier alpha value is -3.37. The Morgan fingerprint density at radius 3 is 2.66 bits per heavy atom. The van der Waals surface area contributed by atoms with Gasteiger partial charge in [-0.3, -0.25) is 4.79 Å². The summed E-state index contributed by atoms with van der Waals surface area (Å²) in [4.78, 5) is 21.7. The Labute approximate surface area is 243 Å². The second kappa shape index (κ2) is 14.0. The molecule has 1 aliphatic heterocycles. The fourth-order valence-corrected chi connectivity index (χ4v) is 5.84. The molecule has 1 fully saturated rings. The average Bonchev–Trinajstić information content (AvgIpc) is 3.00. The summed E-state index contributed by atoms with van der Waals surface area (Å²) in [5, 5.41) is 2.20. The molecule has 0 saturated carbocycles. The molecule has 1 N–H and O–H groups in total. The zero-order valence-electron chi connectivity index (χ0n) is 23.6. The van der Waals surface area contributed by atoms with Gasteiger partial charge < -0.3 is 14.5 Å². The van der Waals surface area contributed by atoms with Gasteiger partial charge in [-0.1, -0.05) is 56.3 Å². The number of aromatic nitrogens is 2. The highest BCUT2D eigenvalue weighted by Crippen LogP contribution is 2.33. The van der Waals surface area contributed by atoms with Gasteiger partial charge in [-0.15, -0.1) is 0 Å². The third-order valence-corrected chi connectivity index (χ3v) is 8.23. The molecule has 0 bridgehead atoms. The minimum atomic E-state index is -1.75. The lowest BCUT2D eigenvalue weighted by atomic mass is 9.92. The van der Waals surface area contributed by atoms with Gasteiger partial charge in [-0.2, -0.15) is 9.35 Å². The minimum absolute atomic E-state index is 0.209. The number of para-hydroxylation sites is 1. The molecule has 2 heterocycles. The smallest absolute Gasteiger partial charge is 0.259 e. The number of aromatic amines is 1. The number of hydroxylamine groups is 2. The second-order valence-electron chi connectivity index (χ2n) is 10.3. The molecule has 9 heteroatoms. The molecule has 0 spiro atoms. The molecule has 1 aliphatic rings. The maximum absolute atomic E-state index is 13.3. The molecule has 216 valence electrons. The highest BCUT2D eigenvalue weighted by Gasteiger charge is 2.20. The number of nitrogens with zero attached hydrogens (tertiary/aromatic N) is 2. The Kier molecular flexibility index (Phi) is 9.95. The van der Waals surface area contributed by atoms with Crippen molar-refractivity contribution in [3.05, 3.63) is 88.2 Å². The van der Waals surface area contributed by atoms with Crippen LogP contribution in [0.5, 0.6) is 5.75 Å². The maximum Gasteiger partial charge on any atom is 0.259 e. The van der Waals surface area contributed by atoms with E-state index >= 15 is 0 Å². The number of H-pyrrole nitrogens is 1. The van der Waals surface area contributed by atoms with Crippen molar-refractivity contribution in [2.75, 3.05) is 32.9 Å². The highest BCUT2D eigenvalue weighted by molar-refractivity contribution is 7.80. The van der Waals surface area contributed by atoms with Crippen molar-refractivity contribution < 1.29 is 18.0 Å². The van der Waals surface area contributed by atoms with Gasteiger partial charge in [0.15, 0.2) is 0 Å². The van der Waals surface area contributed by atoms with Crippen LogP contribution in [0.4, 0.5) is 0 Å². The molecule has 1 saturated heterocycles. The molecule has 4 aromatic rings. The summed E-state index contributed by atoms with van der Waals surface area (Å²) >= 11 is -1.75. The van der Waals surface area contributed by atoms with Gasteiger partial charge in [0.05, 0.1) is 41.2 Å². The molecule has 5 rings (SSSR count). The SMILES string of the molecule is CCCOc1ccc(S(=O)ON2CCOCC2)cc1-c1nc2c(C(C)CCCc3ccccc3)cccc2c(=O)[nH]1. The van der Waals surface area contributed by atoms with E-state index in [1.54, 1.807) is 29.3 Å². The Balaban J connectivity index is 1.46. The molecular formula is C32H37N3O5S. The zero-order valence-corrected chi connectivity index (χ0v) is 24.5. The van der Waals surface area contributed by atoms with Crippen LogP contribution in [0.3, 0.4) is 0 Å². The average molecular weight is 576 g/mol. The monoisotopic (exact) mass is 575 g/mol. The number of benzene rings is 3. The fourth-order valence-electron chi connectivity index (χ4n) is 5.02. The summed E-state index contributed by atoms with van der Waals surface area (Å²) in [6, 6.07) is 21.5. The first-order valence-corrected chi connectivity index (χ1v) is 15.4. The molecule has 0 amide bonds. The number of fused-ring (bicyclic) bond motifs is 1. The van der Waals surface area contributed by atoms with Gasteiger partial charge in [0.25, 0.3) is 5.56 Å². The molecule has 1 aromatic heterocycles. The number of morpholine rings is 1. The second-order valence-corrected chi connectivity index (χ2v) is 11.4. The number of ether oxygens (including phenoxy) is 2. The van der Waals surface area contributed by atoms with E-state index in [9.17, 15) is 9.00 Å². The summed E-state index contributed by atoms with van der Waals surface area (Å²) in [7, 11) is 0. The number of aryl methyl sites for hydroxylation is 1. The van der Waals surface area contributed by atoms with E-state index < -0.39 is 11.1 Å². The first kappa shape index (κ1) is 29.1. The van der Waals surface area contributed by atoms with Crippen molar-refractivity contribution >= 4 is 22.0 Å². The van der Waals surface area contributed by atoms with E-state index in [0.717, 1.165) is 31.2 Å². The van der Waals surface area contributed by atoms with Crippen LogP contribution < -0.4 is 10.3 Å². The van der Waals surface area contributed by atoms with Crippen molar-refractivity contribution in [2.45, 2.75) is 50.3 Å². The lowest BCUT2D eigenvalue weighted by molar-refractivity contribution is -0.109. The van der Waals surface area contributed by atoms with Crippen molar-refractivity contribution in [1.29, 1.82) is 0 Å². The first-order chi connectivity index (χ1) is 20.0. The van der Waals surface area contributed by atoms with Crippen LogP contribution in [0.2, 0.25) is 0 Å². The molecule has 2 unspecified atom stereocenters. The fraction of sp³-hybridized carbons (Fsp3) is 0.375. The molecule has 8 nitrogen and oxygen atoms in total. The zero-order chi connectivity index (χ0) is 28.6. The minimum Gasteiger partial charge on any atom is -0.493 e. The number of rotatable bonds is 12. The summed E-state index contributed by atoms with van der Waals surface area (Å²) in [6.45, 7) is 6.86. The van der Waals surface area contributed by atoms with E-state index in [4.69, 9.17) is 18.7 Å². The predicted molar refractivity (Wildman–Crippen MR) is 161 cm³/mol. The molecule has 0 aliphatic carbocycles. The number of nitrogens with one attached hydrogen (secondary N) is 1. The highest BCUT2D eigenvalue weighted by atomic mass is 32.2. The standard InChI is InChI=1S/C32H37N3O5S/c1-3-19-39-29-16-15-25(41(37)40-35-17-20-38-21-18-35)22-28(29)31-33-30-26(13-8-14-27(30)32(36)34-31)23(2)9-7-12-24-10-5-4-6-11-24/h4-6,8,10-11,13-16,22-23H,3,7,9,12,17-21H2,1-2H3,(H,33,34,36). The van der Waals surface area contributed by atoms with Crippen molar-refractivity contribution in [1.82, 2.24) is 15.0 Å². The molecule has 0 radical (unpaired) electrons. The van der Waals surface area contributed by atoms with Gasteiger partial charge in [0.2, 0.25) is 11.1 Å². The molecule has 41 heavy (non-hydrogen) atoms. The van der Waals surface area contributed by atoms with E-state index in [-0.39, 0.29) is 11.5 Å². The van der Waals surface area contributed by atoms with Gasteiger partial charge in [-0.05, 0) is 67.0 Å². The van der Waals surface area contributed by atoms with E-state index in [1.807, 2.05) is 19.1 Å². The quantitative estimate of drug-likeness (QED) is 0.228. The summed E-state index contributed by atoms with van der Waals surface area (Å²) in [5.74, 6) is 1.15. The number of hydrogen-bond donors (Lipinski definition) is 1. The van der Waals surface area contributed by atoms with Gasteiger partial charge in [0, 0.05) is 13.1 Å². The predicted octanol–water partition coefficient (Wildman–Crippen LogP) is 5.79. The van der Waals surface area contributed by atoms with Crippen LogP contribution in [-0.4, -0.2) is 52.2 Å². The van der Waals surface area contributed by atoms with Gasteiger partial charge in [0.1, 0.15) is 11.6 Å². The largest absolute Gasteiger partial charge is 0.493 e. The van der Waals surface area contributed by atoms with Crippen molar-refractivity contribution in [3.63, 3.8) is 0 Å². The van der Waals surface area contributed by atoms with Gasteiger partial charge >= 0.3 is 0 Å².